The minimum absolute atomic E-state index is 0.0172. The molecule has 19 heavy (non-hydrogen) atoms. The maximum Gasteiger partial charge on any atom is 0.125 e. The van der Waals surface area contributed by atoms with E-state index in [1.807, 2.05) is 13.0 Å². The molecule has 1 aromatic carbocycles. The Bertz CT molecular complexity index is 431. The van der Waals surface area contributed by atoms with Gasteiger partial charge in [-0.15, -0.1) is 0 Å². The first-order valence-electron chi connectivity index (χ1n) is 7.30. The minimum atomic E-state index is -0.0172. The van der Waals surface area contributed by atoms with Gasteiger partial charge in [0.1, 0.15) is 5.75 Å². The van der Waals surface area contributed by atoms with E-state index in [4.69, 9.17) is 10.5 Å². The molecule has 3 atom stereocenters. The molecule has 0 aliphatic carbocycles. The van der Waals surface area contributed by atoms with Crippen molar-refractivity contribution in [2.75, 3.05) is 12.0 Å². The third-order valence-electron chi connectivity index (χ3n) is 4.25. The minimum Gasteiger partial charge on any atom is -0.496 e. The predicted octanol–water partition coefficient (Wildman–Crippen LogP) is 3.48. The highest BCUT2D eigenvalue weighted by molar-refractivity contribution is 5.62. The molecule has 0 spiro atoms. The third kappa shape index (κ3) is 2.57. The highest BCUT2D eigenvalue weighted by atomic mass is 16.5. The lowest BCUT2D eigenvalue weighted by Crippen LogP contribution is -2.35. The summed E-state index contributed by atoms with van der Waals surface area (Å²) >= 11 is 0. The van der Waals surface area contributed by atoms with Gasteiger partial charge in [-0.25, -0.2) is 0 Å². The van der Waals surface area contributed by atoms with E-state index >= 15 is 0 Å². The fourth-order valence-corrected chi connectivity index (χ4v) is 3.30. The van der Waals surface area contributed by atoms with E-state index in [9.17, 15) is 0 Å². The van der Waals surface area contributed by atoms with Gasteiger partial charge in [-0.3, -0.25) is 0 Å². The van der Waals surface area contributed by atoms with Crippen molar-refractivity contribution in [3.05, 3.63) is 23.8 Å². The van der Waals surface area contributed by atoms with Crippen molar-refractivity contribution < 1.29 is 4.74 Å². The second-order valence-electron chi connectivity index (χ2n) is 5.58. The quantitative estimate of drug-likeness (QED) is 0.902. The molecule has 2 rings (SSSR count). The first-order valence-corrected chi connectivity index (χ1v) is 7.30. The number of rotatable bonds is 4. The smallest absolute Gasteiger partial charge is 0.125 e. The average Bonchev–Trinajstić information content (AvgIpc) is 2.78. The lowest BCUT2D eigenvalue weighted by Gasteiger charge is -2.33. The number of nitrogens with two attached hydrogens (primary N) is 1. The highest BCUT2D eigenvalue weighted by Gasteiger charge is 2.32. The van der Waals surface area contributed by atoms with Crippen LogP contribution in [0.5, 0.6) is 5.75 Å². The number of nitrogens with zero attached hydrogens (tertiary/aromatic N) is 1. The zero-order chi connectivity index (χ0) is 14.0. The molecule has 1 fully saturated rings. The Hall–Kier alpha value is -1.22. The Morgan fingerprint density at radius 3 is 2.74 bits per heavy atom. The summed E-state index contributed by atoms with van der Waals surface area (Å²) in [4.78, 5) is 2.54. The fraction of sp³-hybridized carbons (Fsp3) is 0.625. The lowest BCUT2D eigenvalue weighted by molar-refractivity contribution is 0.406. The van der Waals surface area contributed by atoms with Crippen LogP contribution in [-0.2, 0) is 0 Å². The van der Waals surface area contributed by atoms with E-state index in [2.05, 4.69) is 30.9 Å². The van der Waals surface area contributed by atoms with Crippen molar-refractivity contribution in [1.29, 1.82) is 0 Å². The summed E-state index contributed by atoms with van der Waals surface area (Å²) in [7, 11) is 1.72. The molecule has 1 saturated heterocycles. The second kappa shape index (κ2) is 5.83. The number of hydrogen-bond acceptors (Lipinski definition) is 3. The van der Waals surface area contributed by atoms with E-state index < -0.39 is 0 Å². The number of benzene rings is 1. The molecule has 0 aromatic heterocycles. The van der Waals surface area contributed by atoms with Gasteiger partial charge in [0.15, 0.2) is 0 Å². The molecule has 2 unspecified atom stereocenters. The Morgan fingerprint density at radius 1 is 1.42 bits per heavy atom. The van der Waals surface area contributed by atoms with Gasteiger partial charge in [-0.05, 0) is 45.2 Å². The van der Waals surface area contributed by atoms with Crippen LogP contribution in [0.3, 0.4) is 0 Å². The maximum absolute atomic E-state index is 6.18. The number of methoxy groups -OCH3 is 1. The van der Waals surface area contributed by atoms with Crippen molar-refractivity contribution in [1.82, 2.24) is 0 Å². The molecule has 1 aromatic rings. The second-order valence-corrected chi connectivity index (χ2v) is 5.58. The summed E-state index contributed by atoms with van der Waals surface area (Å²) in [6.45, 7) is 6.60. The van der Waals surface area contributed by atoms with Crippen LogP contribution < -0.4 is 15.4 Å². The van der Waals surface area contributed by atoms with Gasteiger partial charge >= 0.3 is 0 Å². The topological polar surface area (TPSA) is 38.5 Å². The van der Waals surface area contributed by atoms with Gasteiger partial charge in [0.05, 0.1) is 7.11 Å². The Balaban J connectivity index is 2.49. The van der Waals surface area contributed by atoms with Gasteiger partial charge in [0, 0.05) is 29.4 Å². The monoisotopic (exact) mass is 262 g/mol. The molecule has 1 heterocycles. The summed E-state index contributed by atoms with van der Waals surface area (Å²) in [5.41, 5.74) is 8.58. The first-order chi connectivity index (χ1) is 9.10. The largest absolute Gasteiger partial charge is 0.496 e. The van der Waals surface area contributed by atoms with Gasteiger partial charge in [0.2, 0.25) is 0 Å². The van der Waals surface area contributed by atoms with E-state index in [1.54, 1.807) is 7.11 Å². The van der Waals surface area contributed by atoms with Crippen molar-refractivity contribution in [3.8, 4) is 5.75 Å². The van der Waals surface area contributed by atoms with E-state index in [1.165, 1.54) is 24.9 Å². The summed E-state index contributed by atoms with van der Waals surface area (Å²) in [5, 5.41) is 0. The predicted molar refractivity (Wildman–Crippen MR) is 80.9 cm³/mol. The molecule has 2 N–H and O–H groups in total. The first kappa shape index (κ1) is 14.2. The SMILES string of the molecule is CCC1CCC(C)N1c1cccc(OC)c1[C@@H](C)N. The fourth-order valence-electron chi connectivity index (χ4n) is 3.30. The molecule has 3 nitrogen and oxygen atoms in total. The zero-order valence-electron chi connectivity index (χ0n) is 12.5. The van der Waals surface area contributed by atoms with E-state index in [-0.39, 0.29) is 6.04 Å². The highest BCUT2D eigenvalue weighted by Crippen LogP contribution is 2.39. The molecule has 3 heteroatoms. The maximum atomic E-state index is 6.18. The van der Waals surface area contributed by atoms with E-state index in [0.29, 0.717) is 12.1 Å². The van der Waals surface area contributed by atoms with Crippen molar-refractivity contribution >= 4 is 5.69 Å². The molecule has 1 aliphatic rings. The van der Waals surface area contributed by atoms with Crippen LogP contribution in [0.1, 0.15) is 51.6 Å². The third-order valence-corrected chi connectivity index (χ3v) is 4.25. The molecule has 0 bridgehead atoms. The van der Waals surface area contributed by atoms with Crippen molar-refractivity contribution in [3.63, 3.8) is 0 Å². The number of anilines is 1. The molecule has 0 amide bonds. The zero-order valence-corrected chi connectivity index (χ0v) is 12.5. The van der Waals surface area contributed by atoms with Crippen LogP contribution in [0, 0.1) is 0 Å². The van der Waals surface area contributed by atoms with Gasteiger partial charge in [-0.2, -0.15) is 0 Å². The van der Waals surface area contributed by atoms with Crippen LogP contribution >= 0.6 is 0 Å². The molecule has 0 radical (unpaired) electrons. The lowest BCUT2D eigenvalue weighted by atomic mass is 10.0. The molecular formula is C16H26N2O. The molecule has 106 valence electrons. The Kier molecular flexibility index (Phi) is 4.35. The van der Waals surface area contributed by atoms with Crippen LogP contribution in [0.4, 0.5) is 5.69 Å². The standard InChI is InChI=1S/C16H26N2O/c1-5-13-10-9-11(2)18(13)14-7-6-8-15(19-4)16(14)12(3)17/h6-8,11-13H,5,9-10,17H2,1-4H3/t11?,12-,13?/m1/s1. The van der Waals surface area contributed by atoms with Crippen LogP contribution in [0.25, 0.3) is 0 Å². The van der Waals surface area contributed by atoms with Crippen LogP contribution in [-0.4, -0.2) is 19.2 Å². The Labute approximate surface area is 116 Å². The van der Waals surface area contributed by atoms with Crippen molar-refractivity contribution in [2.24, 2.45) is 5.73 Å². The normalized spacial score (nSPS) is 24.6. The number of hydrogen-bond donors (Lipinski definition) is 1. The average molecular weight is 262 g/mol. The number of ether oxygens (including phenoxy) is 1. The van der Waals surface area contributed by atoms with Gasteiger partial charge in [-0.1, -0.05) is 13.0 Å². The summed E-state index contributed by atoms with van der Waals surface area (Å²) in [6, 6.07) is 7.44. The Morgan fingerprint density at radius 2 is 2.16 bits per heavy atom. The molecule has 0 saturated carbocycles. The molecular weight excluding hydrogens is 236 g/mol. The summed E-state index contributed by atoms with van der Waals surface area (Å²) in [6.07, 6.45) is 3.71. The molecule has 1 aliphatic heterocycles. The van der Waals surface area contributed by atoms with E-state index in [0.717, 1.165) is 11.3 Å². The van der Waals surface area contributed by atoms with Crippen LogP contribution in [0.15, 0.2) is 18.2 Å². The summed E-state index contributed by atoms with van der Waals surface area (Å²) in [5.74, 6) is 0.904. The van der Waals surface area contributed by atoms with Gasteiger partial charge in [0.25, 0.3) is 0 Å². The van der Waals surface area contributed by atoms with Crippen LogP contribution in [0.2, 0.25) is 0 Å². The summed E-state index contributed by atoms with van der Waals surface area (Å²) < 4.78 is 5.50. The van der Waals surface area contributed by atoms with Gasteiger partial charge < -0.3 is 15.4 Å². The van der Waals surface area contributed by atoms with Crippen molar-refractivity contribution in [2.45, 2.75) is 58.2 Å².